The van der Waals surface area contributed by atoms with Crippen LogP contribution in [0.3, 0.4) is 0 Å². The first-order valence-electron chi connectivity index (χ1n) is 6.36. The van der Waals surface area contributed by atoms with Crippen LogP contribution in [0.2, 0.25) is 18.1 Å². The van der Waals surface area contributed by atoms with Gasteiger partial charge >= 0.3 is 0 Å². The molecule has 0 aliphatic rings. The molecule has 0 rings (SSSR count). The number of rotatable bonds is 6. The summed E-state index contributed by atoms with van der Waals surface area (Å²) in [6.45, 7) is 14.8. The van der Waals surface area contributed by atoms with Crippen LogP contribution < -0.4 is 0 Å². The lowest BCUT2D eigenvalue weighted by Gasteiger charge is -2.32. The lowest BCUT2D eigenvalue weighted by Crippen LogP contribution is -2.37. The molecule has 2 nitrogen and oxygen atoms in total. The number of ether oxygens (including phenoxy) is 1. The molecule has 0 aliphatic heterocycles. The van der Waals surface area contributed by atoms with Gasteiger partial charge in [0, 0.05) is 0 Å². The fraction of sp³-hybridized carbons (Fsp3) is 0.846. The molecule has 0 radical (unpaired) electrons. The van der Waals surface area contributed by atoms with Gasteiger partial charge in [-0.15, -0.1) is 0 Å². The van der Waals surface area contributed by atoms with E-state index in [1.54, 1.807) is 0 Å². The highest BCUT2D eigenvalue weighted by molar-refractivity contribution is 6.73. The first-order valence-corrected chi connectivity index (χ1v) is 8.89. The molecule has 0 amide bonds. The fourth-order valence-electron chi connectivity index (χ4n) is 1.62. The topological polar surface area (TPSA) is 18.5 Å². The van der Waals surface area contributed by atoms with Crippen molar-refractivity contribution in [3.05, 3.63) is 12.0 Å². The first-order chi connectivity index (χ1) is 7.32. The zero-order valence-electron chi connectivity index (χ0n) is 12.0. The van der Waals surface area contributed by atoms with Crippen LogP contribution >= 0.6 is 0 Å². The molecule has 0 heterocycles. The minimum absolute atomic E-state index is 0.183. The van der Waals surface area contributed by atoms with Crippen molar-refractivity contribution in [2.24, 2.45) is 0 Å². The maximum atomic E-state index is 6.19. The Morgan fingerprint density at radius 2 is 1.50 bits per heavy atom. The second-order valence-corrected chi connectivity index (χ2v) is 9.86. The van der Waals surface area contributed by atoms with Crippen molar-refractivity contribution in [2.75, 3.05) is 0 Å². The first kappa shape index (κ1) is 15.6. The molecule has 0 aliphatic carbocycles. The van der Waals surface area contributed by atoms with Crippen LogP contribution in [0.1, 0.15) is 48.5 Å². The van der Waals surface area contributed by atoms with Crippen LogP contribution in [0.4, 0.5) is 0 Å². The van der Waals surface area contributed by atoms with Crippen molar-refractivity contribution in [3.8, 4) is 0 Å². The molecule has 3 heteroatoms. The molecule has 0 aromatic heterocycles. The second-order valence-electron chi connectivity index (χ2n) is 5.17. The third-order valence-electron chi connectivity index (χ3n) is 2.89. The summed E-state index contributed by atoms with van der Waals surface area (Å²) in [6, 6.07) is 3.43. The maximum absolute atomic E-state index is 6.19. The normalized spacial score (nSPS) is 13.8. The minimum atomic E-state index is -1.59. The molecule has 0 atom stereocenters. The van der Waals surface area contributed by atoms with E-state index in [1.165, 1.54) is 0 Å². The van der Waals surface area contributed by atoms with E-state index < -0.39 is 8.32 Å². The van der Waals surface area contributed by atoms with Gasteiger partial charge in [0.15, 0.2) is 0 Å². The third-order valence-corrected chi connectivity index (χ3v) is 7.39. The van der Waals surface area contributed by atoms with E-state index in [2.05, 4.69) is 20.8 Å². The summed E-state index contributed by atoms with van der Waals surface area (Å²) in [5, 5.41) is 0. The quantitative estimate of drug-likeness (QED) is 0.499. The molecular formula is C13H28O2Si. The summed E-state index contributed by atoms with van der Waals surface area (Å²) < 4.78 is 12.0. The third kappa shape index (κ3) is 5.06. The highest BCUT2D eigenvalue weighted by Gasteiger charge is 2.32. The van der Waals surface area contributed by atoms with E-state index in [-0.39, 0.29) is 5.60 Å². The van der Waals surface area contributed by atoms with Gasteiger partial charge in [-0.1, -0.05) is 20.8 Å². The Bertz CT molecular complexity index is 216. The monoisotopic (exact) mass is 244 g/mol. The van der Waals surface area contributed by atoms with Gasteiger partial charge in [-0.2, -0.15) is 0 Å². The summed E-state index contributed by atoms with van der Waals surface area (Å²) in [5.41, 5.74) is -0.183. The molecular weight excluding hydrogens is 216 g/mol. The molecule has 0 N–H and O–H groups in total. The molecule has 0 saturated carbocycles. The van der Waals surface area contributed by atoms with Gasteiger partial charge in [0.05, 0.1) is 0 Å². The van der Waals surface area contributed by atoms with Crippen molar-refractivity contribution in [1.29, 1.82) is 0 Å². The largest absolute Gasteiger partial charge is 0.519 e. The van der Waals surface area contributed by atoms with E-state index in [4.69, 9.17) is 9.16 Å². The van der Waals surface area contributed by atoms with E-state index >= 15 is 0 Å². The van der Waals surface area contributed by atoms with Crippen LogP contribution in [0.25, 0.3) is 0 Å². The average Bonchev–Trinajstić information content (AvgIpc) is 2.23. The SMILES string of the molecule is C/C=C(\OC(C)(C)C)O[Si](CC)(CC)CC. The highest BCUT2D eigenvalue weighted by atomic mass is 28.4. The molecule has 0 unspecified atom stereocenters. The Morgan fingerprint density at radius 3 is 1.75 bits per heavy atom. The minimum Gasteiger partial charge on any atom is -0.519 e. The summed E-state index contributed by atoms with van der Waals surface area (Å²) in [7, 11) is -1.59. The van der Waals surface area contributed by atoms with Crippen molar-refractivity contribution in [1.82, 2.24) is 0 Å². The van der Waals surface area contributed by atoms with Gasteiger partial charge in [-0.25, -0.2) is 0 Å². The van der Waals surface area contributed by atoms with E-state index in [9.17, 15) is 0 Å². The second kappa shape index (κ2) is 6.33. The van der Waals surface area contributed by atoms with Crippen LogP contribution in [0.5, 0.6) is 0 Å². The van der Waals surface area contributed by atoms with Crippen LogP contribution in [-0.4, -0.2) is 13.9 Å². The van der Waals surface area contributed by atoms with Gasteiger partial charge in [0.2, 0.25) is 0 Å². The van der Waals surface area contributed by atoms with Gasteiger partial charge < -0.3 is 9.16 Å². The number of hydrogen-bond donors (Lipinski definition) is 0. The van der Waals surface area contributed by atoms with Gasteiger partial charge in [-0.3, -0.25) is 0 Å². The van der Waals surface area contributed by atoms with Crippen LogP contribution in [-0.2, 0) is 9.16 Å². The van der Waals surface area contributed by atoms with Crippen molar-refractivity contribution < 1.29 is 9.16 Å². The van der Waals surface area contributed by atoms with Gasteiger partial charge in [-0.05, 0) is 51.9 Å². The molecule has 0 saturated heterocycles. The maximum Gasteiger partial charge on any atom is 0.261 e. The molecule has 0 spiro atoms. The van der Waals surface area contributed by atoms with Crippen LogP contribution in [0, 0.1) is 0 Å². The predicted molar refractivity (Wildman–Crippen MR) is 72.9 cm³/mol. The van der Waals surface area contributed by atoms with Crippen molar-refractivity contribution in [2.45, 2.75) is 72.2 Å². The van der Waals surface area contributed by atoms with E-state index in [1.807, 2.05) is 33.8 Å². The Balaban J connectivity index is 4.65. The van der Waals surface area contributed by atoms with Crippen molar-refractivity contribution >= 4 is 8.32 Å². The van der Waals surface area contributed by atoms with Crippen LogP contribution in [0.15, 0.2) is 12.0 Å². The predicted octanol–water partition coefficient (Wildman–Crippen LogP) is 4.68. The van der Waals surface area contributed by atoms with E-state index in [0.29, 0.717) is 5.95 Å². The van der Waals surface area contributed by atoms with Crippen molar-refractivity contribution in [3.63, 3.8) is 0 Å². The lowest BCUT2D eigenvalue weighted by atomic mass is 10.2. The zero-order valence-corrected chi connectivity index (χ0v) is 13.0. The molecule has 0 bridgehead atoms. The Hall–Kier alpha value is -0.443. The molecule has 0 fully saturated rings. The molecule has 0 aromatic rings. The highest BCUT2D eigenvalue weighted by Crippen LogP contribution is 2.27. The van der Waals surface area contributed by atoms with Gasteiger partial charge in [0.1, 0.15) is 5.60 Å². The number of hydrogen-bond acceptors (Lipinski definition) is 2. The summed E-state index contributed by atoms with van der Waals surface area (Å²) in [5.74, 6) is 0.713. The summed E-state index contributed by atoms with van der Waals surface area (Å²) in [6.07, 6.45) is 1.94. The number of allylic oxidation sites excluding steroid dienone is 1. The molecule has 0 aromatic carbocycles. The van der Waals surface area contributed by atoms with E-state index in [0.717, 1.165) is 18.1 Å². The Morgan fingerprint density at radius 1 is 1.06 bits per heavy atom. The standard InChI is InChI=1S/C13H28O2Si/c1-8-12(14-13(5,6)7)15-16(9-2,10-3)11-4/h8H,9-11H2,1-7H3/b12-8+. The zero-order chi connectivity index (χ0) is 12.8. The Kier molecular flexibility index (Phi) is 6.16. The smallest absolute Gasteiger partial charge is 0.261 e. The lowest BCUT2D eigenvalue weighted by molar-refractivity contribution is -0.00978. The molecule has 96 valence electrons. The summed E-state index contributed by atoms with van der Waals surface area (Å²) >= 11 is 0. The fourth-order valence-corrected chi connectivity index (χ4v) is 4.14. The summed E-state index contributed by atoms with van der Waals surface area (Å²) in [4.78, 5) is 0. The molecule has 16 heavy (non-hydrogen) atoms. The van der Waals surface area contributed by atoms with Gasteiger partial charge in [0.25, 0.3) is 14.3 Å². The Labute approximate surface area is 102 Å². The average molecular weight is 244 g/mol.